The van der Waals surface area contributed by atoms with Gasteiger partial charge in [-0.05, 0) is 24.6 Å². The van der Waals surface area contributed by atoms with E-state index in [1.807, 2.05) is 0 Å². The third-order valence-corrected chi connectivity index (χ3v) is 4.05. The number of carbonyl (C=O) groups excluding carboxylic acids is 1. The van der Waals surface area contributed by atoms with E-state index in [9.17, 15) is 13.2 Å². The van der Waals surface area contributed by atoms with Gasteiger partial charge in [-0.2, -0.15) is 0 Å². The fourth-order valence-corrected chi connectivity index (χ4v) is 2.35. The molecule has 0 spiro atoms. The maximum Gasteiger partial charge on any atom is 0.261 e. The molecule has 6 nitrogen and oxygen atoms in total. The fraction of sp³-hybridized carbons (Fsp3) is 0.462. The minimum Gasteiger partial charge on any atom is -0.382 e. The molecule has 0 bridgehead atoms. The molecule has 0 aliphatic rings. The lowest BCUT2D eigenvalue weighted by Crippen LogP contribution is -2.28. The van der Waals surface area contributed by atoms with Crippen LogP contribution in [0.15, 0.2) is 23.1 Å². The Bertz CT molecular complexity index is 588. The number of hydrogen-bond donors (Lipinski definition) is 1. The van der Waals surface area contributed by atoms with Crippen LogP contribution in [0.4, 0.5) is 0 Å². The quantitative estimate of drug-likeness (QED) is 0.572. The van der Waals surface area contributed by atoms with Crippen molar-refractivity contribution in [2.24, 2.45) is 0 Å². The van der Waals surface area contributed by atoms with E-state index in [1.54, 1.807) is 20.1 Å². The number of halogens is 1. The van der Waals surface area contributed by atoms with Crippen molar-refractivity contribution in [3.05, 3.63) is 29.3 Å². The molecule has 8 heteroatoms. The van der Waals surface area contributed by atoms with Gasteiger partial charge in [0, 0.05) is 29.9 Å². The van der Waals surface area contributed by atoms with Gasteiger partial charge >= 0.3 is 0 Å². The second-order valence-corrected chi connectivity index (χ2v) is 6.84. The van der Waals surface area contributed by atoms with Crippen molar-refractivity contribution >= 4 is 25.6 Å². The molecule has 0 atom stereocenters. The molecule has 1 aromatic rings. The van der Waals surface area contributed by atoms with Crippen molar-refractivity contribution in [1.82, 2.24) is 5.32 Å². The van der Waals surface area contributed by atoms with Crippen LogP contribution in [0.5, 0.6) is 0 Å². The average Bonchev–Trinajstić information content (AvgIpc) is 2.41. The first-order valence-corrected chi connectivity index (χ1v) is 8.57. The van der Waals surface area contributed by atoms with Gasteiger partial charge in [0.1, 0.15) is 0 Å². The first-order chi connectivity index (χ1) is 9.86. The highest BCUT2D eigenvalue weighted by Gasteiger charge is 2.15. The van der Waals surface area contributed by atoms with Gasteiger partial charge in [0.2, 0.25) is 0 Å². The molecule has 0 heterocycles. The number of carbonyl (C=O) groups is 1. The molecule has 118 valence electrons. The van der Waals surface area contributed by atoms with Gasteiger partial charge in [-0.3, -0.25) is 4.79 Å². The van der Waals surface area contributed by atoms with E-state index in [2.05, 4.69) is 5.32 Å². The second-order valence-electron chi connectivity index (χ2n) is 4.28. The van der Waals surface area contributed by atoms with E-state index in [4.69, 9.17) is 20.2 Å². The predicted octanol–water partition coefficient (Wildman–Crippen LogP) is 1.32. The zero-order chi connectivity index (χ0) is 15.9. The van der Waals surface area contributed by atoms with E-state index in [1.165, 1.54) is 12.1 Å². The van der Waals surface area contributed by atoms with Crippen LogP contribution in [-0.4, -0.2) is 47.8 Å². The molecule has 0 aromatic heterocycles. The number of methoxy groups -OCH3 is 1. The van der Waals surface area contributed by atoms with Crippen LogP contribution in [0.1, 0.15) is 15.9 Å². The Morgan fingerprint density at radius 2 is 2.00 bits per heavy atom. The van der Waals surface area contributed by atoms with Crippen molar-refractivity contribution in [3.8, 4) is 0 Å². The molecular weight excluding hydrogens is 318 g/mol. The molecule has 21 heavy (non-hydrogen) atoms. The number of nitrogens with one attached hydrogen (secondary N) is 1. The van der Waals surface area contributed by atoms with Crippen molar-refractivity contribution in [2.75, 3.05) is 33.5 Å². The van der Waals surface area contributed by atoms with Gasteiger partial charge in [0.25, 0.3) is 15.0 Å². The average molecular weight is 336 g/mol. The Hall–Kier alpha value is -1.15. The molecule has 1 N–H and O–H groups in total. The fourth-order valence-electron chi connectivity index (χ4n) is 1.57. The van der Waals surface area contributed by atoms with Crippen LogP contribution in [0.3, 0.4) is 0 Å². The molecule has 0 aliphatic carbocycles. The summed E-state index contributed by atoms with van der Waals surface area (Å²) in [6.07, 6.45) is 0. The van der Waals surface area contributed by atoms with Crippen LogP contribution in [-0.2, 0) is 18.5 Å². The SMILES string of the molecule is COCCOCCNC(=O)c1cc(S(=O)(=O)Cl)ccc1C. The summed E-state index contributed by atoms with van der Waals surface area (Å²) in [6, 6.07) is 4.17. The molecule has 0 unspecified atom stereocenters. The van der Waals surface area contributed by atoms with Gasteiger partial charge in [0.15, 0.2) is 0 Å². The van der Waals surface area contributed by atoms with Gasteiger partial charge in [-0.15, -0.1) is 0 Å². The van der Waals surface area contributed by atoms with Crippen molar-refractivity contribution < 1.29 is 22.7 Å². The highest BCUT2D eigenvalue weighted by molar-refractivity contribution is 8.13. The minimum atomic E-state index is -3.86. The summed E-state index contributed by atoms with van der Waals surface area (Å²) in [5, 5.41) is 2.65. The molecule has 1 aromatic carbocycles. The summed E-state index contributed by atoms with van der Waals surface area (Å²) >= 11 is 0. The number of ether oxygens (including phenoxy) is 2. The summed E-state index contributed by atoms with van der Waals surface area (Å²) in [5.41, 5.74) is 0.936. The number of aryl methyl sites for hydroxylation is 1. The van der Waals surface area contributed by atoms with E-state index in [0.29, 0.717) is 31.9 Å². The highest BCUT2D eigenvalue weighted by atomic mass is 35.7. The Labute approximate surface area is 128 Å². The summed E-state index contributed by atoms with van der Waals surface area (Å²) in [6.45, 7) is 3.32. The lowest BCUT2D eigenvalue weighted by Gasteiger charge is -2.09. The Kier molecular flexibility index (Phi) is 7.10. The summed E-state index contributed by atoms with van der Waals surface area (Å²) in [4.78, 5) is 11.9. The first-order valence-electron chi connectivity index (χ1n) is 6.26. The van der Waals surface area contributed by atoms with Crippen LogP contribution in [0.25, 0.3) is 0 Å². The summed E-state index contributed by atoms with van der Waals surface area (Å²) < 4.78 is 32.6. The largest absolute Gasteiger partial charge is 0.382 e. The van der Waals surface area contributed by atoms with Crippen LogP contribution in [0.2, 0.25) is 0 Å². The summed E-state index contributed by atoms with van der Waals surface area (Å²) in [5.74, 6) is -0.370. The normalized spacial score (nSPS) is 11.4. The molecule has 0 radical (unpaired) electrons. The first kappa shape index (κ1) is 17.9. The lowest BCUT2D eigenvalue weighted by molar-refractivity contribution is 0.0692. The van der Waals surface area contributed by atoms with E-state index < -0.39 is 9.05 Å². The third kappa shape index (κ3) is 6.01. The Morgan fingerprint density at radius 3 is 2.62 bits per heavy atom. The van der Waals surface area contributed by atoms with Gasteiger partial charge in [0.05, 0.1) is 24.7 Å². The smallest absolute Gasteiger partial charge is 0.261 e. The molecule has 0 fully saturated rings. The molecule has 1 rings (SSSR count). The predicted molar refractivity (Wildman–Crippen MR) is 79.2 cm³/mol. The summed E-state index contributed by atoms with van der Waals surface area (Å²) in [7, 11) is 2.99. The second kappa shape index (κ2) is 8.33. The molecule has 0 aliphatic heterocycles. The number of benzene rings is 1. The third-order valence-electron chi connectivity index (χ3n) is 2.70. The lowest BCUT2D eigenvalue weighted by atomic mass is 10.1. The maximum atomic E-state index is 12.0. The standard InChI is InChI=1S/C13H18ClNO5S/c1-10-3-4-11(21(14,17)18)9-12(10)13(16)15-5-6-20-8-7-19-2/h3-4,9H,5-8H2,1-2H3,(H,15,16). The maximum absolute atomic E-state index is 12.0. The van der Waals surface area contributed by atoms with Crippen LogP contribution >= 0.6 is 10.7 Å². The Balaban J connectivity index is 2.62. The van der Waals surface area contributed by atoms with Crippen LogP contribution < -0.4 is 5.32 Å². The topological polar surface area (TPSA) is 81.7 Å². The molecule has 0 saturated carbocycles. The number of amides is 1. The van der Waals surface area contributed by atoms with Crippen molar-refractivity contribution in [3.63, 3.8) is 0 Å². The highest BCUT2D eigenvalue weighted by Crippen LogP contribution is 2.19. The van der Waals surface area contributed by atoms with Gasteiger partial charge < -0.3 is 14.8 Å². The van der Waals surface area contributed by atoms with Gasteiger partial charge in [-0.25, -0.2) is 8.42 Å². The van der Waals surface area contributed by atoms with E-state index in [0.717, 1.165) is 0 Å². The van der Waals surface area contributed by atoms with E-state index in [-0.39, 0.29) is 16.4 Å². The number of hydrogen-bond acceptors (Lipinski definition) is 5. The number of rotatable bonds is 8. The zero-order valence-corrected chi connectivity index (χ0v) is 13.5. The molecule has 1 amide bonds. The molecular formula is C13H18ClNO5S. The zero-order valence-electron chi connectivity index (χ0n) is 11.9. The van der Waals surface area contributed by atoms with Crippen LogP contribution in [0, 0.1) is 6.92 Å². The monoisotopic (exact) mass is 335 g/mol. The van der Waals surface area contributed by atoms with E-state index >= 15 is 0 Å². The Morgan fingerprint density at radius 1 is 1.29 bits per heavy atom. The molecule has 0 saturated heterocycles. The van der Waals surface area contributed by atoms with Crippen molar-refractivity contribution in [2.45, 2.75) is 11.8 Å². The van der Waals surface area contributed by atoms with Gasteiger partial charge in [-0.1, -0.05) is 6.07 Å². The van der Waals surface area contributed by atoms with Crippen molar-refractivity contribution in [1.29, 1.82) is 0 Å². The minimum absolute atomic E-state index is 0.101.